The van der Waals surface area contributed by atoms with Gasteiger partial charge in [-0.15, -0.1) is 0 Å². The van der Waals surface area contributed by atoms with Crippen molar-refractivity contribution in [1.82, 2.24) is 5.32 Å². The Bertz CT molecular complexity index is 327. The number of carbonyl (C=O) groups is 1. The molecule has 2 saturated carbocycles. The highest BCUT2D eigenvalue weighted by Crippen LogP contribution is 2.41. The molecule has 1 unspecified atom stereocenters. The Morgan fingerprint density at radius 2 is 1.81 bits per heavy atom. The van der Waals surface area contributed by atoms with E-state index in [0.29, 0.717) is 18.6 Å². The molecule has 3 N–H and O–H groups in total. The molecule has 0 radical (unpaired) electrons. The van der Waals surface area contributed by atoms with E-state index in [0.717, 1.165) is 25.9 Å². The molecule has 0 aromatic carbocycles. The van der Waals surface area contributed by atoms with Gasteiger partial charge in [0, 0.05) is 12.6 Å². The zero-order valence-corrected chi connectivity index (χ0v) is 13.5. The normalized spacial score (nSPS) is 21.2. The van der Waals surface area contributed by atoms with Crippen LogP contribution < -0.4 is 11.1 Å². The van der Waals surface area contributed by atoms with Crippen LogP contribution in [0.4, 0.5) is 0 Å². The maximum Gasteiger partial charge on any atom is 0.240 e. The van der Waals surface area contributed by atoms with Crippen LogP contribution in [0.5, 0.6) is 0 Å². The third-order valence-corrected chi connectivity index (χ3v) is 4.72. The van der Waals surface area contributed by atoms with Crippen molar-refractivity contribution in [3.8, 4) is 0 Å². The first-order chi connectivity index (χ1) is 10.2. The maximum atomic E-state index is 12.0. The summed E-state index contributed by atoms with van der Waals surface area (Å²) < 4.78 is 5.83. The van der Waals surface area contributed by atoms with Crippen LogP contribution in [0.1, 0.15) is 71.1 Å². The van der Waals surface area contributed by atoms with E-state index in [1.54, 1.807) is 0 Å². The van der Waals surface area contributed by atoms with Gasteiger partial charge in [0.25, 0.3) is 0 Å². The Morgan fingerprint density at radius 3 is 2.38 bits per heavy atom. The van der Waals surface area contributed by atoms with Crippen LogP contribution in [0.3, 0.4) is 0 Å². The summed E-state index contributed by atoms with van der Waals surface area (Å²) in [5, 5.41) is 3.49. The Kier molecular flexibility index (Phi) is 6.49. The molecule has 122 valence electrons. The molecule has 0 saturated heterocycles. The standard InChI is InChI=1S/C17H32N2O2/c1-2-3-4-5-6-7-12-21-13-17(16(18)20,14-8-9-14)19-15-10-11-15/h14-15,19H,2-13H2,1H3,(H2,18,20). The Balaban J connectivity index is 1.66. The Hall–Kier alpha value is -0.610. The largest absolute Gasteiger partial charge is 0.379 e. The number of nitrogens with one attached hydrogen (secondary N) is 1. The van der Waals surface area contributed by atoms with Crippen LogP contribution >= 0.6 is 0 Å². The number of unbranched alkanes of at least 4 members (excludes halogenated alkanes) is 5. The first kappa shape index (κ1) is 16.8. The van der Waals surface area contributed by atoms with Gasteiger partial charge < -0.3 is 10.5 Å². The fourth-order valence-electron chi connectivity index (χ4n) is 3.01. The molecule has 0 aromatic heterocycles. The predicted octanol–water partition coefficient (Wildman–Crippen LogP) is 2.75. The molecule has 2 fully saturated rings. The minimum Gasteiger partial charge on any atom is -0.379 e. The lowest BCUT2D eigenvalue weighted by Gasteiger charge is -2.32. The van der Waals surface area contributed by atoms with Crippen LogP contribution in [0.15, 0.2) is 0 Å². The zero-order chi connectivity index (χ0) is 15.1. The van der Waals surface area contributed by atoms with Crippen LogP contribution in [-0.2, 0) is 9.53 Å². The molecule has 1 atom stereocenters. The van der Waals surface area contributed by atoms with Crippen molar-refractivity contribution in [1.29, 1.82) is 0 Å². The smallest absolute Gasteiger partial charge is 0.240 e. The van der Waals surface area contributed by atoms with Gasteiger partial charge in [0.15, 0.2) is 0 Å². The third kappa shape index (κ3) is 5.26. The van der Waals surface area contributed by atoms with Crippen molar-refractivity contribution in [2.24, 2.45) is 11.7 Å². The number of nitrogens with two attached hydrogens (primary N) is 1. The van der Waals surface area contributed by atoms with Crippen molar-refractivity contribution in [3.63, 3.8) is 0 Å². The van der Waals surface area contributed by atoms with E-state index in [-0.39, 0.29) is 5.91 Å². The Labute approximate surface area is 129 Å². The molecule has 0 aliphatic heterocycles. The second kappa shape index (κ2) is 8.14. The monoisotopic (exact) mass is 296 g/mol. The highest BCUT2D eigenvalue weighted by atomic mass is 16.5. The summed E-state index contributed by atoms with van der Waals surface area (Å²) in [5.41, 5.74) is 5.11. The van der Waals surface area contributed by atoms with Gasteiger partial charge in [0.1, 0.15) is 5.54 Å². The summed E-state index contributed by atoms with van der Waals surface area (Å²) in [6.45, 7) is 3.44. The van der Waals surface area contributed by atoms with Gasteiger partial charge >= 0.3 is 0 Å². The number of primary amides is 1. The SMILES string of the molecule is CCCCCCCCOCC(NC1CC1)(C(N)=O)C1CC1. The van der Waals surface area contributed by atoms with E-state index in [1.165, 1.54) is 44.9 Å². The van der Waals surface area contributed by atoms with Gasteiger partial charge in [-0.05, 0) is 38.0 Å². The number of ether oxygens (including phenoxy) is 1. The molecule has 0 bridgehead atoms. The fourth-order valence-corrected chi connectivity index (χ4v) is 3.01. The van der Waals surface area contributed by atoms with E-state index < -0.39 is 5.54 Å². The number of amides is 1. The topological polar surface area (TPSA) is 64.3 Å². The second-order valence-electron chi connectivity index (χ2n) is 6.85. The molecular formula is C17H32N2O2. The molecule has 4 nitrogen and oxygen atoms in total. The lowest BCUT2D eigenvalue weighted by molar-refractivity contribution is -0.128. The highest BCUT2D eigenvalue weighted by molar-refractivity contribution is 5.86. The van der Waals surface area contributed by atoms with E-state index >= 15 is 0 Å². The van der Waals surface area contributed by atoms with Gasteiger partial charge in [-0.3, -0.25) is 10.1 Å². The average Bonchev–Trinajstić information content (AvgIpc) is 3.33. The minimum atomic E-state index is -0.594. The molecule has 2 rings (SSSR count). The number of rotatable bonds is 13. The van der Waals surface area contributed by atoms with E-state index in [2.05, 4.69) is 12.2 Å². The van der Waals surface area contributed by atoms with Gasteiger partial charge in [-0.2, -0.15) is 0 Å². The quantitative estimate of drug-likeness (QED) is 0.514. The lowest BCUT2D eigenvalue weighted by atomic mass is 9.93. The summed E-state index contributed by atoms with van der Waals surface area (Å²) in [5.74, 6) is 0.167. The first-order valence-electron chi connectivity index (χ1n) is 8.84. The van der Waals surface area contributed by atoms with E-state index in [9.17, 15) is 4.79 Å². The average molecular weight is 296 g/mol. The van der Waals surface area contributed by atoms with Crippen LogP contribution in [-0.4, -0.2) is 30.7 Å². The van der Waals surface area contributed by atoms with Crippen LogP contribution in [0.2, 0.25) is 0 Å². The summed E-state index contributed by atoms with van der Waals surface area (Å²) in [4.78, 5) is 12.0. The molecular weight excluding hydrogens is 264 g/mol. The molecule has 2 aliphatic carbocycles. The highest BCUT2D eigenvalue weighted by Gasteiger charge is 2.52. The summed E-state index contributed by atoms with van der Waals surface area (Å²) >= 11 is 0. The number of hydrogen-bond donors (Lipinski definition) is 2. The van der Waals surface area contributed by atoms with Crippen molar-refractivity contribution in [2.45, 2.75) is 82.7 Å². The number of hydrogen-bond acceptors (Lipinski definition) is 3. The summed E-state index contributed by atoms with van der Waals surface area (Å²) in [6.07, 6.45) is 12.1. The molecule has 0 heterocycles. The van der Waals surface area contributed by atoms with Crippen molar-refractivity contribution in [3.05, 3.63) is 0 Å². The zero-order valence-electron chi connectivity index (χ0n) is 13.5. The summed E-state index contributed by atoms with van der Waals surface area (Å²) in [7, 11) is 0. The Morgan fingerprint density at radius 1 is 1.14 bits per heavy atom. The van der Waals surface area contributed by atoms with E-state index in [1.807, 2.05) is 0 Å². The summed E-state index contributed by atoms with van der Waals surface area (Å²) in [6, 6.07) is 0.482. The molecule has 4 heteroatoms. The second-order valence-corrected chi connectivity index (χ2v) is 6.85. The van der Waals surface area contributed by atoms with E-state index in [4.69, 9.17) is 10.5 Å². The molecule has 0 spiro atoms. The van der Waals surface area contributed by atoms with Crippen LogP contribution in [0.25, 0.3) is 0 Å². The molecule has 21 heavy (non-hydrogen) atoms. The first-order valence-corrected chi connectivity index (χ1v) is 8.84. The van der Waals surface area contributed by atoms with Crippen molar-refractivity contribution >= 4 is 5.91 Å². The van der Waals surface area contributed by atoms with Gasteiger partial charge in [-0.1, -0.05) is 39.0 Å². The predicted molar refractivity (Wildman–Crippen MR) is 85.0 cm³/mol. The van der Waals surface area contributed by atoms with Gasteiger partial charge in [-0.25, -0.2) is 0 Å². The third-order valence-electron chi connectivity index (χ3n) is 4.72. The molecule has 1 amide bonds. The van der Waals surface area contributed by atoms with Gasteiger partial charge in [0.2, 0.25) is 5.91 Å². The molecule has 2 aliphatic rings. The number of carbonyl (C=O) groups excluding carboxylic acids is 1. The fraction of sp³-hybridized carbons (Fsp3) is 0.941. The molecule has 0 aromatic rings. The van der Waals surface area contributed by atoms with Crippen molar-refractivity contribution in [2.75, 3.05) is 13.2 Å². The maximum absolute atomic E-state index is 12.0. The minimum absolute atomic E-state index is 0.222. The van der Waals surface area contributed by atoms with Crippen LogP contribution in [0, 0.1) is 5.92 Å². The van der Waals surface area contributed by atoms with Crippen molar-refractivity contribution < 1.29 is 9.53 Å². The van der Waals surface area contributed by atoms with Gasteiger partial charge in [0.05, 0.1) is 6.61 Å². The lowest BCUT2D eigenvalue weighted by Crippen LogP contribution is -2.61.